The van der Waals surface area contributed by atoms with E-state index in [9.17, 15) is 9.59 Å². The fraction of sp³-hybridized carbons (Fsp3) is 0.800. The normalized spacial score (nSPS) is 10.9. The summed E-state index contributed by atoms with van der Waals surface area (Å²) in [5.74, 6) is -0.745. The van der Waals surface area contributed by atoms with Crippen LogP contribution in [0.1, 0.15) is 33.6 Å². The first-order chi connectivity index (χ1) is 6.85. The summed E-state index contributed by atoms with van der Waals surface area (Å²) in [6.07, 6.45) is 0.704. The molecular weight excluding hydrogens is 198 g/mol. The zero-order chi connectivity index (χ0) is 11.9. The Bertz CT molecular complexity index is 220. The molecule has 0 aliphatic carbocycles. The summed E-state index contributed by atoms with van der Waals surface area (Å²) in [6.45, 7) is 5.49. The first kappa shape index (κ1) is 13.9. The van der Waals surface area contributed by atoms with E-state index in [1.807, 2.05) is 0 Å². The minimum atomic E-state index is -0.467. The van der Waals surface area contributed by atoms with Crippen molar-refractivity contribution in [2.24, 2.45) is 5.73 Å². The Kier molecular flexibility index (Phi) is 5.93. The molecule has 0 amide bonds. The standard InChI is InChI=1S/C10H19NO4/c1-10(2,3)15-8(12)5-4-6-14-9(13)7-11/h4-7,11H2,1-3H3. The lowest BCUT2D eigenvalue weighted by molar-refractivity contribution is -0.156. The summed E-state index contributed by atoms with van der Waals surface area (Å²) >= 11 is 0. The summed E-state index contributed by atoms with van der Waals surface area (Å²) in [6, 6.07) is 0. The van der Waals surface area contributed by atoms with Crippen molar-refractivity contribution in [3.63, 3.8) is 0 Å². The van der Waals surface area contributed by atoms with E-state index in [-0.39, 0.29) is 25.5 Å². The van der Waals surface area contributed by atoms with Crippen LogP contribution in [0.25, 0.3) is 0 Å². The first-order valence-corrected chi connectivity index (χ1v) is 4.92. The van der Waals surface area contributed by atoms with E-state index in [4.69, 9.17) is 15.2 Å². The molecule has 0 saturated carbocycles. The Hall–Kier alpha value is -1.10. The summed E-state index contributed by atoms with van der Waals surface area (Å²) in [5, 5.41) is 0. The van der Waals surface area contributed by atoms with Gasteiger partial charge in [-0.25, -0.2) is 0 Å². The van der Waals surface area contributed by atoms with E-state index < -0.39 is 11.6 Å². The van der Waals surface area contributed by atoms with Crippen LogP contribution in [0.15, 0.2) is 0 Å². The Morgan fingerprint density at radius 3 is 2.27 bits per heavy atom. The molecule has 88 valence electrons. The fourth-order valence-corrected chi connectivity index (χ4v) is 0.854. The van der Waals surface area contributed by atoms with E-state index in [1.54, 1.807) is 20.8 Å². The van der Waals surface area contributed by atoms with E-state index in [0.717, 1.165) is 0 Å². The molecule has 0 saturated heterocycles. The Morgan fingerprint density at radius 2 is 1.80 bits per heavy atom. The van der Waals surface area contributed by atoms with Crippen LogP contribution in [0.2, 0.25) is 0 Å². The lowest BCUT2D eigenvalue weighted by Crippen LogP contribution is -2.24. The van der Waals surface area contributed by atoms with Gasteiger partial charge >= 0.3 is 11.9 Å². The first-order valence-electron chi connectivity index (χ1n) is 4.92. The second-order valence-electron chi connectivity index (χ2n) is 4.11. The van der Waals surface area contributed by atoms with Gasteiger partial charge in [0.2, 0.25) is 0 Å². The molecule has 0 aliphatic heterocycles. The second-order valence-corrected chi connectivity index (χ2v) is 4.11. The van der Waals surface area contributed by atoms with Crippen LogP contribution in [0.4, 0.5) is 0 Å². The quantitative estimate of drug-likeness (QED) is 0.539. The number of nitrogens with two attached hydrogens (primary N) is 1. The van der Waals surface area contributed by atoms with Gasteiger partial charge in [-0.2, -0.15) is 0 Å². The molecule has 0 aromatic rings. The van der Waals surface area contributed by atoms with Gasteiger partial charge in [-0.15, -0.1) is 0 Å². The molecule has 0 heterocycles. The average Bonchev–Trinajstić information content (AvgIpc) is 2.09. The van der Waals surface area contributed by atoms with Crippen molar-refractivity contribution in [1.82, 2.24) is 0 Å². The topological polar surface area (TPSA) is 78.6 Å². The van der Waals surface area contributed by atoms with Crippen LogP contribution >= 0.6 is 0 Å². The summed E-state index contributed by atoms with van der Waals surface area (Å²) in [4.78, 5) is 21.8. The minimum absolute atomic E-state index is 0.133. The molecule has 0 radical (unpaired) electrons. The SMILES string of the molecule is CC(C)(C)OC(=O)CCCOC(=O)CN. The molecule has 0 aromatic heterocycles. The third-order valence-electron chi connectivity index (χ3n) is 1.37. The summed E-state index contributed by atoms with van der Waals surface area (Å²) in [5.41, 5.74) is 4.56. The van der Waals surface area contributed by atoms with Gasteiger partial charge in [0.25, 0.3) is 0 Å². The monoisotopic (exact) mass is 217 g/mol. The second kappa shape index (κ2) is 6.40. The van der Waals surface area contributed by atoms with Crippen molar-refractivity contribution in [3.05, 3.63) is 0 Å². The van der Waals surface area contributed by atoms with Crippen molar-refractivity contribution < 1.29 is 19.1 Å². The van der Waals surface area contributed by atoms with Gasteiger partial charge < -0.3 is 15.2 Å². The molecule has 0 unspecified atom stereocenters. The van der Waals surface area contributed by atoms with E-state index in [0.29, 0.717) is 6.42 Å². The smallest absolute Gasteiger partial charge is 0.319 e. The van der Waals surface area contributed by atoms with Gasteiger partial charge in [0, 0.05) is 6.42 Å². The lowest BCUT2D eigenvalue weighted by atomic mass is 10.2. The number of hydrogen-bond acceptors (Lipinski definition) is 5. The van der Waals surface area contributed by atoms with Crippen LogP contribution in [0, 0.1) is 0 Å². The van der Waals surface area contributed by atoms with Crippen molar-refractivity contribution in [2.45, 2.75) is 39.2 Å². The molecule has 15 heavy (non-hydrogen) atoms. The fourth-order valence-electron chi connectivity index (χ4n) is 0.854. The molecule has 5 nitrogen and oxygen atoms in total. The van der Waals surface area contributed by atoms with E-state index in [2.05, 4.69) is 0 Å². The predicted molar refractivity (Wildman–Crippen MR) is 55.1 cm³/mol. The van der Waals surface area contributed by atoms with Gasteiger partial charge in [0.1, 0.15) is 5.60 Å². The maximum Gasteiger partial charge on any atom is 0.319 e. The van der Waals surface area contributed by atoms with Gasteiger partial charge in [-0.3, -0.25) is 9.59 Å². The van der Waals surface area contributed by atoms with E-state index in [1.165, 1.54) is 0 Å². The van der Waals surface area contributed by atoms with Crippen molar-refractivity contribution >= 4 is 11.9 Å². The van der Waals surface area contributed by atoms with Crippen LogP contribution in [-0.2, 0) is 19.1 Å². The molecule has 0 aliphatic rings. The molecule has 0 fully saturated rings. The number of esters is 2. The molecule has 2 N–H and O–H groups in total. The van der Waals surface area contributed by atoms with Crippen molar-refractivity contribution in [2.75, 3.05) is 13.2 Å². The molecular formula is C10H19NO4. The highest BCUT2D eigenvalue weighted by Gasteiger charge is 2.15. The minimum Gasteiger partial charge on any atom is -0.465 e. The highest BCUT2D eigenvalue weighted by molar-refractivity contribution is 5.71. The van der Waals surface area contributed by atoms with Crippen LogP contribution < -0.4 is 5.73 Å². The Balaban J connectivity index is 3.52. The zero-order valence-corrected chi connectivity index (χ0v) is 9.54. The highest BCUT2D eigenvalue weighted by atomic mass is 16.6. The van der Waals surface area contributed by atoms with Crippen LogP contribution in [0.3, 0.4) is 0 Å². The largest absolute Gasteiger partial charge is 0.465 e. The van der Waals surface area contributed by atoms with Gasteiger partial charge in [-0.1, -0.05) is 0 Å². The number of carbonyl (C=O) groups is 2. The number of rotatable bonds is 5. The lowest BCUT2D eigenvalue weighted by Gasteiger charge is -2.19. The summed E-state index contributed by atoms with van der Waals surface area (Å²) in [7, 11) is 0. The molecule has 0 aromatic carbocycles. The molecule has 0 spiro atoms. The molecule has 0 atom stereocenters. The molecule has 0 bridgehead atoms. The van der Waals surface area contributed by atoms with E-state index >= 15 is 0 Å². The Labute approximate surface area is 89.9 Å². The van der Waals surface area contributed by atoms with Gasteiger partial charge in [-0.05, 0) is 27.2 Å². The maximum atomic E-state index is 11.2. The zero-order valence-electron chi connectivity index (χ0n) is 9.54. The maximum absolute atomic E-state index is 11.2. The van der Waals surface area contributed by atoms with Crippen LogP contribution in [0.5, 0.6) is 0 Å². The Morgan fingerprint density at radius 1 is 1.20 bits per heavy atom. The average molecular weight is 217 g/mol. The highest BCUT2D eigenvalue weighted by Crippen LogP contribution is 2.08. The third kappa shape index (κ3) is 9.21. The van der Waals surface area contributed by atoms with Crippen LogP contribution in [-0.4, -0.2) is 30.7 Å². The number of ether oxygens (including phenoxy) is 2. The third-order valence-corrected chi connectivity index (χ3v) is 1.37. The summed E-state index contributed by atoms with van der Waals surface area (Å²) < 4.78 is 9.77. The van der Waals surface area contributed by atoms with Gasteiger partial charge in [0.05, 0.1) is 13.2 Å². The number of hydrogen-bond donors (Lipinski definition) is 1. The number of carbonyl (C=O) groups excluding carboxylic acids is 2. The predicted octanol–water partition coefficient (Wildman–Crippen LogP) is 0.610. The van der Waals surface area contributed by atoms with Crippen molar-refractivity contribution in [1.29, 1.82) is 0 Å². The van der Waals surface area contributed by atoms with Crippen molar-refractivity contribution in [3.8, 4) is 0 Å². The van der Waals surface area contributed by atoms with Gasteiger partial charge in [0.15, 0.2) is 0 Å². The molecule has 0 rings (SSSR count). The molecule has 5 heteroatoms.